The van der Waals surface area contributed by atoms with Gasteiger partial charge in [-0.1, -0.05) is 28.8 Å². The van der Waals surface area contributed by atoms with Gasteiger partial charge in [0, 0.05) is 24.1 Å². The minimum atomic E-state index is 0.575. The molecule has 1 aromatic heterocycles. The molecule has 0 bridgehead atoms. The fourth-order valence-electron chi connectivity index (χ4n) is 2.13. The summed E-state index contributed by atoms with van der Waals surface area (Å²) in [6.45, 7) is 1.11. The van der Waals surface area contributed by atoms with Gasteiger partial charge in [0.15, 0.2) is 0 Å². The standard InChI is InChI=1S/C11H15BrIN3/c12-6-9-4-2-1-3-5-16(9)11-10(13)7-14-8-15-11/h7-9H,1-6H2. The molecule has 0 amide bonds. The summed E-state index contributed by atoms with van der Waals surface area (Å²) in [6, 6.07) is 0.575. The van der Waals surface area contributed by atoms with Gasteiger partial charge in [0.1, 0.15) is 12.1 Å². The van der Waals surface area contributed by atoms with E-state index < -0.39 is 0 Å². The van der Waals surface area contributed by atoms with E-state index in [1.54, 1.807) is 6.33 Å². The minimum Gasteiger partial charge on any atom is -0.352 e. The molecule has 16 heavy (non-hydrogen) atoms. The van der Waals surface area contributed by atoms with E-state index in [1.807, 2.05) is 6.20 Å². The Morgan fingerprint density at radius 3 is 3.06 bits per heavy atom. The minimum absolute atomic E-state index is 0.575. The number of hydrogen-bond acceptors (Lipinski definition) is 3. The average molecular weight is 396 g/mol. The Morgan fingerprint density at radius 1 is 1.44 bits per heavy atom. The molecule has 1 fully saturated rings. The van der Waals surface area contributed by atoms with Crippen LogP contribution in [0.3, 0.4) is 0 Å². The maximum Gasteiger partial charge on any atom is 0.145 e. The van der Waals surface area contributed by atoms with E-state index in [9.17, 15) is 0 Å². The number of nitrogens with zero attached hydrogens (tertiary/aromatic N) is 3. The SMILES string of the molecule is BrCC1CCCCCN1c1ncncc1I. The first kappa shape index (κ1) is 12.5. The predicted octanol–water partition coefficient (Wildman–Crippen LogP) is 3.23. The fraction of sp³-hybridized carbons (Fsp3) is 0.636. The number of rotatable bonds is 2. The molecule has 1 aromatic rings. The third kappa shape index (κ3) is 2.85. The molecule has 0 N–H and O–H groups in total. The van der Waals surface area contributed by atoms with E-state index in [-0.39, 0.29) is 0 Å². The molecule has 1 unspecified atom stereocenters. The smallest absolute Gasteiger partial charge is 0.145 e. The first-order chi connectivity index (χ1) is 7.83. The molecule has 0 radical (unpaired) electrons. The molecule has 88 valence electrons. The molecule has 0 saturated carbocycles. The Balaban J connectivity index is 2.25. The van der Waals surface area contributed by atoms with Gasteiger partial charge in [-0.15, -0.1) is 0 Å². The van der Waals surface area contributed by atoms with Gasteiger partial charge in [0.2, 0.25) is 0 Å². The van der Waals surface area contributed by atoms with Crippen molar-refractivity contribution in [1.29, 1.82) is 0 Å². The Kier molecular flexibility index (Phi) is 4.81. The second-order valence-electron chi connectivity index (χ2n) is 4.05. The van der Waals surface area contributed by atoms with Crippen LogP contribution in [0, 0.1) is 3.57 Å². The van der Waals surface area contributed by atoms with Crippen LogP contribution in [0.2, 0.25) is 0 Å². The zero-order valence-corrected chi connectivity index (χ0v) is 12.8. The second kappa shape index (κ2) is 6.14. The van der Waals surface area contributed by atoms with Crippen molar-refractivity contribution in [2.45, 2.75) is 31.7 Å². The third-order valence-corrected chi connectivity index (χ3v) is 4.48. The quantitative estimate of drug-likeness (QED) is 0.568. The largest absolute Gasteiger partial charge is 0.352 e. The van der Waals surface area contributed by atoms with Gasteiger partial charge >= 0.3 is 0 Å². The summed E-state index contributed by atoms with van der Waals surface area (Å²) in [6.07, 6.45) is 8.72. The van der Waals surface area contributed by atoms with E-state index >= 15 is 0 Å². The molecule has 0 aromatic carbocycles. The van der Waals surface area contributed by atoms with Crippen molar-refractivity contribution in [2.24, 2.45) is 0 Å². The molecule has 1 aliphatic heterocycles. The maximum atomic E-state index is 4.43. The number of aromatic nitrogens is 2. The number of alkyl halides is 1. The summed E-state index contributed by atoms with van der Waals surface area (Å²) >= 11 is 5.94. The molecule has 1 aliphatic rings. The van der Waals surface area contributed by atoms with Gasteiger partial charge < -0.3 is 4.90 Å². The van der Waals surface area contributed by atoms with Crippen LogP contribution in [0.15, 0.2) is 12.5 Å². The summed E-state index contributed by atoms with van der Waals surface area (Å²) in [5, 5.41) is 1.02. The molecule has 2 rings (SSSR count). The van der Waals surface area contributed by atoms with Crippen LogP contribution in [-0.4, -0.2) is 27.9 Å². The first-order valence-corrected chi connectivity index (χ1v) is 7.81. The molecular formula is C11H15BrIN3. The maximum absolute atomic E-state index is 4.43. The van der Waals surface area contributed by atoms with Crippen molar-refractivity contribution in [3.8, 4) is 0 Å². The van der Waals surface area contributed by atoms with Crippen molar-refractivity contribution in [2.75, 3.05) is 16.8 Å². The summed E-state index contributed by atoms with van der Waals surface area (Å²) in [5.74, 6) is 1.10. The van der Waals surface area contributed by atoms with Crippen LogP contribution in [0.5, 0.6) is 0 Å². The fourth-order valence-corrected chi connectivity index (χ4v) is 3.42. The van der Waals surface area contributed by atoms with Crippen molar-refractivity contribution >= 4 is 44.3 Å². The zero-order chi connectivity index (χ0) is 11.4. The lowest BCUT2D eigenvalue weighted by molar-refractivity contribution is 0.620. The second-order valence-corrected chi connectivity index (χ2v) is 5.85. The highest BCUT2D eigenvalue weighted by Crippen LogP contribution is 2.26. The Hall–Kier alpha value is 0.0900. The number of halogens is 2. The van der Waals surface area contributed by atoms with Crippen LogP contribution >= 0.6 is 38.5 Å². The van der Waals surface area contributed by atoms with E-state index in [4.69, 9.17) is 0 Å². The molecule has 1 atom stereocenters. The molecular weight excluding hydrogens is 381 g/mol. The first-order valence-electron chi connectivity index (χ1n) is 5.61. The molecule has 0 aliphatic carbocycles. The van der Waals surface area contributed by atoms with Crippen LogP contribution < -0.4 is 4.90 Å². The monoisotopic (exact) mass is 395 g/mol. The van der Waals surface area contributed by atoms with Crippen molar-refractivity contribution in [1.82, 2.24) is 9.97 Å². The topological polar surface area (TPSA) is 29.0 Å². The van der Waals surface area contributed by atoms with Crippen LogP contribution in [0.4, 0.5) is 5.82 Å². The van der Waals surface area contributed by atoms with Gasteiger partial charge in [0.25, 0.3) is 0 Å². The lowest BCUT2D eigenvalue weighted by atomic mass is 10.1. The highest BCUT2D eigenvalue weighted by Gasteiger charge is 2.22. The van der Waals surface area contributed by atoms with Gasteiger partial charge in [-0.05, 0) is 35.4 Å². The predicted molar refractivity (Wildman–Crippen MR) is 78.1 cm³/mol. The van der Waals surface area contributed by atoms with Crippen molar-refractivity contribution < 1.29 is 0 Å². The van der Waals surface area contributed by atoms with Crippen molar-refractivity contribution in [3.05, 3.63) is 16.1 Å². The molecule has 0 spiro atoms. The van der Waals surface area contributed by atoms with Crippen LogP contribution in [0.1, 0.15) is 25.7 Å². The highest BCUT2D eigenvalue weighted by molar-refractivity contribution is 14.1. The van der Waals surface area contributed by atoms with Gasteiger partial charge in [-0.2, -0.15) is 0 Å². The molecule has 2 heterocycles. The summed E-state index contributed by atoms with van der Waals surface area (Å²) in [4.78, 5) is 10.9. The number of anilines is 1. The van der Waals surface area contributed by atoms with Gasteiger partial charge in [-0.25, -0.2) is 9.97 Å². The molecule has 1 saturated heterocycles. The normalized spacial score (nSPS) is 21.9. The van der Waals surface area contributed by atoms with Gasteiger partial charge in [-0.3, -0.25) is 0 Å². The Bertz CT molecular complexity index is 348. The Labute approximate surface area is 118 Å². The van der Waals surface area contributed by atoms with Crippen LogP contribution in [0.25, 0.3) is 0 Å². The van der Waals surface area contributed by atoms with E-state index in [1.165, 1.54) is 25.7 Å². The molecule has 5 heteroatoms. The van der Waals surface area contributed by atoms with Crippen LogP contribution in [-0.2, 0) is 0 Å². The molecule has 3 nitrogen and oxygen atoms in total. The number of hydrogen-bond donors (Lipinski definition) is 0. The van der Waals surface area contributed by atoms with E-state index in [0.29, 0.717) is 6.04 Å². The lowest BCUT2D eigenvalue weighted by Crippen LogP contribution is -2.37. The summed E-state index contributed by atoms with van der Waals surface area (Å²) in [5.41, 5.74) is 0. The zero-order valence-electron chi connectivity index (χ0n) is 9.07. The lowest BCUT2D eigenvalue weighted by Gasteiger charge is -2.30. The highest BCUT2D eigenvalue weighted by atomic mass is 127. The van der Waals surface area contributed by atoms with E-state index in [0.717, 1.165) is 21.3 Å². The van der Waals surface area contributed by atoms with Crippen molar-refractivity contribution in [3.63, 3.8) is 0 Å². The summed E-state index contributed by atoms with van der Waals surface area (Å²) < 4.78 is 1.15. The third-order valence-electron chi connectivity index (χ3n) is 2.98. The van der Waals surface area contributed by atoms with E-state index in [2.05, 4.69) is 53.4 Å². The summed E-state index contributed by atoms with van der Waals surface area (Å²) in [7, 11) is 0. The van der Waals surface area contributed by atoms with Gasteiger partial charge in [0.05, 0.1) is 3.57 Å². The Morgan fingerprint density at radius 2 is 2.31 bits per heavy atom. The average Bonchev–Trinajstić information content (AvgIpc) is 2.54.